The van der Waals surface area contributed by atoms with Crippen LogP contribution in [0.25, 0.3) is 0 Å². The first-order valence-electron chi connectivity index (χ1n) is 7.38. The minimum Gasteiger partial charge on any atom is -0.493 e. The largest absolute Gasteiger partial charge is 0.493 e. The molecule has 1 saturated carbocycles. The number of epoxide rings is 1. The second kappa shape index (κ2) is 4.96. The molecule has 0 unspecified atom stereocenters. The van der Waals surface area contributed by atoms with Crippen LogP contribution >= 0.6 is 22.6 Å². The molecule has 5 heteroatoms. The quantitative estimate of drug-likeness (QED) is 0.566. The van der Waals surface area contributed by atoms with Crippen molar-refractivity contribution < 1.29 is 19.0 Å². The molecule has 1 saturated heterocycles. The van der Waals surface area contributed by atoms with Crippen molar-refractivity contribution >= 4 is 28.4 Å². The van der Waals surface area contributed by atoms with E-state index in [1.54, 1.807) is 14.2 Å². The second-order valence-electron chi connectivity index (χ2n) is 6.13. The molecule has 5 rings (SSSR count). The Morgan fingerprint density at radius 3 is 2.64 bits per heavy atom. The van der Waals surface area contributed by atoms with Gasteiger partial charge in [-0.15, -0.1) is 0 Å². The summed E-state index contributed by atoms with van der Waals surface area (Å²) in [5.41, 5.74) is 0.639. The number of ketones is 1. The highest BCUT2D eigenvalue weighted by atomic mass is 127. The molecule has 4 atom stereocenters. The number of halogens is 1. The number of hydrogen-bond acceptors (Lipinski definition) is 4. The van der Waals surface area contributed by atoms with Crippen LogP contribution in [0.3, 0.4) is 0 Å². The minimum atomic E-state index is -0.497. The van der Waals surface area contributed by atoms with Crippen LogP contribution in [0.4, 0.5) is 0 Å². The van der Waals surface area contributed by atoms with Gasteiger partial charge >= 0.3 is 0 Å². The number of ether oxygens (including phenoxy) is 3. The highest BCUT2D eigenvalue weighted by molar-refractivity contribution is 14.1. The lowest BCUT2D eigenvalue weighted by molar-refractivity contribution is -0.132. The van der Waals surface area contributed by atoms with Crippen molar-refractivity contribution in [1.29, 1.82) is 0 Å². The molecule has 1 spiro atoms. The summed E-state index contributed by atoms with van der Waals surface area (Å²) in [6.07, 6.45) is 3.09. The maximum atomic E-state index is 12.7. The van der Waals surface area contributed by atoms with Gasteiger partial charge in [-0.2, -0.15) is 0 Å². The summed E-state index contributed by atoms with van der Waals surface area (Å²) in [6, 6.07) is 5.96. The smallest absolute Gasteiger partial charge is 0.175 e. The van der Waals surface area contributed by atoms with Gasteiger partial charge in [0.1, 0.15) is 0 Å². The lowest BCUT2D eigenvalue weighted by atomic mass is 9.61. The molecule has 1 aromatic rings. The van der Waals surface area contributed by atoms with E-state index >= 15 is 0 Å². The molecule has 0 amide bonds. The van der Waals surface area contributed by atoms with Gasteiger partial charge < -0.3 is 14.2 Å². The molecule has 0 radical (unpaired) electrons. The molecule has 1 aromatic carbocycles. The van der Waals surface area contributed by atoms with Crippen molar-refractivity contribution in [3.8, 4) is 11.5 Å². The lowest BCUT2D eigenvalue weighted by Crippen LogP contribution is -2.49. The molecular formula is C17H17IO4. The van der Waals surface area contributed by atoms with Crippen LogP contribution in [0.2, 0.25) is 0 Å². The van der Waals surface area contributed by atoms with E-state index in [0.29, 0.717) is 18.1 Å². The molecular weight excluding hydrogens is 395 g/mol. The van der Waals surface area contributed by atoms with Gasteiger partial charge in [-0.25, -0.2) is 0 Å². The van der Waals surface area contributed by atoms with Gasteiger partial charge in [0.2, 0.25) is 0 Å². The molecule has 0 aromatic heterocycles. The summed E-state index contributed by atoms with van der Waals surface area (Å²) in [5, 5.41) is 0. The zero-order chi connectivity index (χ0) is 15.5. The molecule has 3 aliphatic carbocycles. The fourth-order valence-electron chi connectivity index (χ4n) is 3.89. The Balaban J connectivity index is 1.72. The van der Waals surface area contributed by atoms with Crippen LogP contribution in [0.1, 0.15) is 17.9 Å². The number of benzene rings is 1. The fraction of sp³-hybridized carbons (Fsp3) is 0.471. The second-order valence-corrected chi connectivity index (χ2v) is 7.37. The fourth-order valence-corrected chi connectivity index (χ4v) is 5.04. The van der Waals surface area contributed by atoms with Gasteiger partial charge in [0.05, 0.1) is 20.8 Å². The van der Waals surface area contributed by atoms with Crippen molar-refractivity contribution in [1.82, 2.24) is 0 Å². The third-order valence-electron chi connectivity index (χ3n) is 5.17. The predicted molar refractivity (Wildman–Crippen MR) is 89.7 cm³/mol. The highest BCUT2D eigenvalue weighted by Crippen LogP contribution is 2.59. The van der Waals surface area contributed by atoms with Crippen LogP contribution in [-0.2, 0) is 9.53 Å². The molecule has 4 nitrogen and oxygen atoms in total. The lowest BCUT2D eigenvalue weighted by Gasteiger charge is -2.43. The van der Waals surface area contributed by atoms with Gasteiger partial charge in [0.15, 0.2) is 22.9 Å². The monoisotopic (exact) mass is 412 g/mol. The number of carbonyl (C=O) groups excluding carboxylic acids is 1. The zero-order valence-corrected chi connectivity index (χ0v) is 14.6. The summed E-state index contributed by atoms with van der Waals surface area (Å²) in [5.74, 6) is 2.01. The van der Waals surface area contributed by atoms with E-state index in [0.717, 1.165) is 12.0 Å². The van der Waals surface area contributed by atoms with Gasteiger partial charge in [0.25, 0.3) is 0 Å². The number of fused-ring (bicyclic) bond motifs is 1. The Hall–Kier alpha value is -1.08. The van der Waals surface area contributed by atoms with Crippen molar-refractivity contribution in [2.24, 2.45) is 11.8 Å². The first-order chi connectivity index (χ1) is 10.6. The Morgan fingerprint density at radius 1 is 1.27 bits per heavy atom. The third-order valence-corrected chi connectivity index (χ3v) is 6.28. The van der Waals surface area contributed by atoms with Crippen LogP contribution in [0.5, 0.6) is 11.5 Å². The highest BCUT2D eigenvalue weighted by Gasteiger charge is 2.66. The number of rotatable bonds is 3. The van der Waals surface area contributed by atoms with E-state index in [1.807, 2.05) is 18.2 Å². The van der Waals surface area contributed by atoms with Gasteiger partial charge in [-0.05, 0) is 56.2 Å². The topological polar surface area (TPSA) is 48.1 Å². The van der Waals surface area contributed by atoms with E-state index in [4.69, 9.17) is 14.2 Å². The van der Waals surface area contributed by atoms with Gasteiger partial charge in [-0.1, -0.05) is 12.1 Å². The van der Waals surface area contributed by atoms with Crippen molar-refractivity contribution in [3.63, 3.8) is 0 Å². The van der Waals surface area contributed by atoms with Crippen LogP contribution in [0, 0.1) is 11.8 Å². The van der Waals surface area contributed by atoms with Crippen LogP contribution in [0.15, 0.2) is 27.9 Å². The summed E-state index contributed by atoms with van der Waals surface area (Å²) in [7, 11) is 3.26. The Labute approximate surface area is 143 Å². The molecule has 2 fully saturated rings. The average molecular weight is 412 g/mol. The number of carbonyl (C=O) groups is 1. The van der Waals surface area contributed by atoms with Crippen LogP contribution in [-0.4, -0.2) is 32.2 Å². The summed E-state index contributed by atoms with van der Waals surface area (Å²) in [4.78, 5) is 12.7. The van der Waals surface area contributed by atoms with Gasteiger partial charge in [0, 0.05) is 11.8 Å². The summed E-state index contributed by atoms with van der Waals surface area (Å²) in [6.45, 7) is 0.589. The molecule has 1 aliphatic heterocycles. The molecule has 22 heavy (non-hydrogen) atoms. The van der Waals surface area contributed by atoms with E-state index < -0.39 is 5.60 Å². The first kappa shape index (κ1) is 14.5. The van der Waals surface area contributed by atoms with E-state index in [1.165, 1.54) is 3.58 Å². The minimum absolute atomic E-state index is 0.0856. The van der Waals surface area contributed by atoms with Gasteiger partial charge in [-0.3, -0.25) is 4.79 Å². The van der Waals surface area contributed by atoms with Crippen molar-refractivity contribution in [2.75, 3.05) is 20.8 Å². The maximum Gasteiger partial charge on any atom is 0.175 e. The average Bonchev–Trinajstić information content (AvgIpc) is 3.33. The normalized spacial score (nSPS) is 35.5. The third kappa shape index (κ3) is 1.88. The molecule has 116 valence electrons. The summed E-state index contributed by atoms with van der Waals surface area (Å²) >= 11 is 2.36. The van der Waals surface area contributed by atoms with Crippen molar-refractivity contribution in [3.05, 3.63) is 33.4 Å². The Bertz CT molecular complexity index is 677. The van der Waals surface area contributed by atoms with E-state index in [2.05, 4.69) is 28.7 Å². The molecule has 4 aliphatic rings. The SMILES string of the molecule is COc1ccc([C@H]2C[C@H]3C(I)=C[C@@H]2C(=O)[C@]32CO2)cc1OC. The van der Waals surface area contributed by atoms with E-state index in [9.17, 15) is 4.79 Å². The van der Waals surface area contributed by atoms with Crippen LogP contribution < -0.4 is 9.47 Å². The number of allylic oxidation sites excluding steroid dienone is 1. The molecule has 1 heterocycles. The first-order valence-corrected chi connectivity index (χ1v) is 8.46. The number of hydrogen-bond donors (Lipinski definition) is 0. The number of Topliss-reactive ketones (excluding diaryl/α,β-unsaturated/α-hetero) is 1. The Kier molecular flexibility index (Phi) is 3.27. The predicted octanol–water partition coefficient (Wildman–Crippen LogP) is 3.09. The number of methoxy groups -OCH3 is 2. The van der Waals surface area contributed by atoms with E-state index in [-0.39, 0.29) is 23.5 Å². The zero-order valence-electron chi connectivity index (χ0n) is 12.5. The van der Waals surface area contributed by atoms with Crippen molar-refractivity contribution in [2.45, 2.75) is 17.9 Å². The molecule has 0 N–H and O–H groups in total. The molecule has 2 bridgehead atoms. The Morgan fingerprint density at radius 2 is 2.00 bits per heavy atom. The standard InChI is InChI=1S/C17H17IO4/c1-20-14-4-3-9(5-15(14)21-2)10-6-12-13(18)7-11(10)16(19)17(12)8-22-17/h3-5,7,10-12H,6,8H2,1-2H3/t10-,11+,12+,17+/m1/s1. The maximum absolute atomic E-state index is 12.7. The summed E-state index contributed by atoms with van der Waals surface area (Å²) < 4.78 is 17.5.